The minimum Gasteiger partial charge on any atom is -0.480 e. The van der Waals surface area contributed by atoms with E-state index >= 15 is 0 Å². The Hall–Kier alpha value is -3.39. The Bertz CT molecular complexity index is 1030. The molecule has 0 spiro atoms. The van der Waals surface area contributed by atoms with Crippen molar-refractivity contribution in [3.63, 3.8) is 0 Å². The third-order valence-electron chi connectivity index (χ3n) is 6.68. The number of carboxylic acids is 1. The highest BCUT2D eigenvalue weighted by Crippen LogP contribution is 2.44. The summed E-state index contributed by atoms with van der Waals surface area (Å²) in [7, 11) is 0. The van der Waals surface area contributed by atoms with E-state index in [1.807, 2.05) is 31.2 Å². The zero-order chi connectivity index (χ0) is 24.8. The smallest absolute Gasteiger partial charge is 0.407 e. The van der Waals surface area contributed by atoms with E-state index in [1.165, 1.54) is 11.1 Å². The van der Waals surface area contributed by atoms with Gasteiger partial charge in [-0.1, -0.05) is 68.3 Å². The lowest BCUT2D eigenvalue weighted by Gasteiger charge is -2.18. The van der Waals surface area contributed by atoms with Gasteiger partial charge in [0.2, 0.25) is 5.91 Å². The molecule has 0 radical (unpaired) electrons. The number of amides is 2. The summed E-state index contributed by atoms with van der Waals surface area (Å²) in [6.07, 6.45) is 1.44. The molecule has 1 aliphatic heterocycles. The van der Waals surface area contributed by atoms with Gasteiger partial charge in [0, 0.05) is 12.5 Å². The number of ether oxygens (including phenoxy) is 2. The fourth-order valence-electron chi connectivity index (χ4n) is 4.83. The second-order valence-corrected chi connectivity index (χ2v) is 9.07. The quantitative estimate of drug-likeness (QED) is 0.476. The fraction of sp³-hybridized carbons (Fsp3) is 0.444. The van der Waals surface area contributed by atoms with Crippen molar-refractivity contribution in [2.45, 2.75) is 63.2 Å². The molecule has 1 aliphatic carbocycles. The summed E-state index contributed by atoms with van der Waals surface area (Å²) in [6.45, 7) is 2.42. The van der Waals surface area contributed by atoms with E-state index in [0.717, 1.165) is 24.0 Å². The molecule has 8 nitrogen and oxygen atoms in total. The van der Waals surface area contributed by atoms with Crippen molar-refractivity contribution in [3.05, 3.63) is 59.7 Å². The molecule has 3 N–H and O–H groups in total. The molecular formula is C27H32N2O6. The number of aliphatic carboxylic acids is 1. The van der Waals surface area contributed by atoms with Crippen LogP contribution in [0.5, 0.6) is 0 Å². The predicted molar refractivity (Wildman–Crippen MR) is 130 cm³/mol. The monoisotopic (exact) mass is 480 g/mol. The van der Waals surface area contributed by atoms with Crippen LogP contribution in [0.2, 0.25) is 0 Å². The number of fused-ring (bicyclic) bond motifs is 3. The molecule has 0 saturated carbocycles. The first-order valence-electron chi connectivity index (χ1n) is 12.3. The molecule has 2 aliphatic rings. The van der Waals surface area contributed by atoms with Gasteiger partial charge in [0.15, 0.2) is 0 Å². The van der Waals surface area contributed by atoms with E-state index in [1.54, 1.807) is 0 Å². The van der Waals surface area contributed by atoms with Gasteiger partial charge in [-0.05, 0) is 41.5 Å². The number of carboxylic acid groups (broad SMARTS) is 1. The van der Waals surface area contributed by atoms with Crippen molar-refractivity contribution >= 4 is 18.0 Å². The van der Waals surface area contributed by atoms with Crippen molar-refractivity contribution < 1.29 is 29.0 Å². The molecule has 186 valence electrons. The summed E-state index contributed by atoms with van der Waals surface area (Å²) in [6, 6.07) is 15.4. The number of alkyl carbamates (subject to hydrolysis) is 1. The fourth-order valence-corrected chi connectivity index (χ4v) is 4.83. The predicted octanol–water partition coefficient (Wildman–Crippen LogP) is 3.83. The van der Waals surface area contributed by atoms with Crippen molar-refractivity contribution in [1.29, 1.82) is 0 Å². The maximum absolute atomic E-state index is 12.4. The zero-order valence-electron chi connectivity index (χ0n) is 19.9. The van der Waals surface area contributed by atoms with E-state index in [0.29, 0.717) is 19.3 Å². The Morgan fingerprint density at radius 2 is 1.71 bits per heavy atom. The van der Waals surface area contributed by atoms with Crippen LogP contribution in [0.25, 0.3) is 11.1 Å². The summed E-state index contributed by atoms with van der Waals surface area (Å²) < 4.78 is 11.3. The van der Waals surface area contributed by atoms with Gasteiger partial charge in [-0.15, -0.1) is 0 Å². The molecule has 2 amide bonds. The molecule has 35 heavy (non-hydrogen) atoms. The van der Waals surface area contributed by atoms with E-state index in [-0.39, 0.29) is 25.2 Å². The highest BCUT2D eigenvalue weighted by atomic mass is 16.5. The summed E-state index contributed by atoms with van der Waals surface area (Å²) in [5.74, 6) is -1.48. The first-order chi connectivity index (χ1) is 17.0. The molecule has 1 saturated heterocycles. The van der Waals surface area contributed by atoms with Crippen LogP contribution in [0.3, 0.4) is 0 Å². The summed E-state index contributed by atoms with van der Waals surface area (Å²) in [4.78, 5) is 36.2. The Morgan fingerprint density at radius 1 is 1.06 bits per heavy atom. The SMILES string of the molecule is CCCCC(NC(=O)C1CCC(CNC(=O)OCC2c3ccccc3-c3ccccc32)O1)C(=O)O. The lowest BCUT2D eigenvalue weighted by atomic mass is 9.98. The van der Waals surface area contributed by atoms with Gasteiger partial charge in [0.1, 0.15) is 18.8 Å². The first-order valence-corrected chi connectivity index (χ1v) is 12.3. The molecule has 3 atom stereocenters. The summed E-state index contributed by atoms with van der Waals surface area (Å²) >= 11 is 0. The Balaban J connectivity index is 1.23. The van der Waals surface area contributed by atoms with Crippen molar-refractivity contribution in [1.82, 2.24) is 10.6 Å². The van der Waals surface area contributed by atoms with Crippen LogP contribution in [0.4, 0.5) is 4.79 Å². The third-order valence-corrected chi connectivity index (χ3v) is 6.68. The largest absolute Gasteiger partial charge is 0.480 e. The van der Waals surface area contributed by atoms with Gasteiger partial charge in [0.25, 0.3) is 0 Å². The average Bonchev–Trinajstić information content (AvgIpc) is 3.47. The second-order valence-electron chi connectivity index (χ2n) is 9.07. The highest BCUT2D eigenvalue weighted by molar-refractivity contribution is 5.86. The number of rotatable bonds is 10. The number of unbranched alkanes of at least 4 members (excludes halogenated alkanes) is 1. The number of hydrogen-bond acceptors (Lipinski definition) is 5. The van der Waals surface area contributed by atoms with E-state index in [9.17, 15) is 19.5 Å². The zero-order valence-corrected chi connectivity index (χ0v) is 19.9. The van der Waals surface area contributed by atoms with Crippen LogP contribution in [-0.4, -0.2) is 54.5 Å². The number of nitrogens with one attached hydrogen (secondary N) is 2. The molecular weight excluding hydrogens is 448 g/mol. The number of carbonyl (C=O) groups is 3. The standard InChI is InChI=1S/C27H32N2O6/c1-2-3-12-23(26(31)32)29-25(30)24-14-13-17(35-24)15-28-27(33)34-16-22-20-10-6-4-8-18(20)19-9-5-7-11-21(19)22/h4-11,17,22-24H,2-3,12-16H2,1H3,(H,28,33)(H,29,30)(H,31,32). The molecule has 1 fully saturated rings. The minimum atomic E-state index is -1.04. The Labute approximate surface area is 205 Å². The second kappa shape index (κ2) is 11.4. The molecule has 1 heterocycles. The van der Waals surface area contributed by atoms with Crippen molar-refractivity contribution in [3.8, 4) is 11.1 Å². The molecule has 0 bridgehead atoms. The lowest BCUT2D eigenvalue weighted by Crippen LogP contribution is -2.45. The minimum absolute atomic E-state index is 0.0150. The summed E-state index contributed by atoms with van der Waals surface area (Å²) in [5, 5.41) is 14.6. The van der Waals surface area contributed by atoms with Crippen LogP contribution in [-0.2, 0) is 19.1 Å². The van der Waals surface area contributed by atoms with E-state index < -0.39 is 30.1 Å². The third kappa shape index (κ3) is 5.82. The van der Waals surface area contributed by atoms with Crippen LogP contribution in [0.1, 0.15) is 56.1 Å². The topological polar surface area (TPSA) is 114 Å². The molecule has 3 unspecified atom stereocenters. The average molecular weight is 481 g/mol. The van der Waals surface area contributed by atoms with Crippen LogP contribution < -0.4 is 10.6 Å². The van der Waals surface area contributed by atoms with Gasteiger partial charge >= 0.3 is 12.1 Å². The van der Waals surface area contributed by atoms with E-state index in [2.05, 4.69) is 34.9 Å². The lowest BCUT2D eigenvalue weighted by molar-refractivity contribution is -0.144. The number of benzene rings is 2. The maximum Gasteiger partial charge on any atom is 0.407 e. The van der Waals surface area contributed by atoms with Crippen LogP contribution in [0, 0.1) is 0 Å². The van der Waals surface area contributed by atoms with Gasteiger partial charge in [-0.2, -0.15) is 0 Å². The Morgan fingerprint density at radius 3 is 2.34 bits per heavy atom. The van der Waals surface area contributed by atoms with Gasteiger partial charge < -0.3 is 25.2 Å². The number of hydrogen-bond donors (Lipinski definition) is 3. The molecule has 2 aromatic carbocycles. The van der Waals surface area contributed by atoms with Gasteiger partial charge in [0.05, 0.1) is 6.10 Å². The van der Waals surface area contributed by atoms with Crippen LogP contribution in [0.15, 0.2) is 48.5 Å². The molecule has 4 rings (SSSR count). The normalized spacial score (nSPS) is 19.5. The molecule has 8 heteroatoms. The van der Waals surface area contributed by atoms with Crippen LogP contribution >= 0.6 is 0 Å². The number of carbonyl (C=O) groups excluding carboxylic acids is 2. The molecule has 2 aromatic rings. The van der Waals surface area contributed by atoms with Gasteiger partial charge in [-0.25, -0.2) is 9.59 Å². The molecule has 0 aromatic heterocycles. The Kier molecular flexibility index (Phi) is 8.02. The first kappa shape index (κ1) is 24.7. The summed E-state index contributed by atoms with van der Waals surface area (Å²) in [5.41, 5.74) is 4.63. The van der Waals surface area contributed by atoms with E-state index in [4.69, 9.17) is 9.47 Å². The highest BCUT2D eigenvalue weighted by Gasteiger charge is 2.33. The van der Waals surface area contributed by atoms with Crippen molar-refractivity contribution in [2.24, 2.45) is 0 Å². The van der Waals surface area contributed by atoms with Crippen molar-refractivity contribution in [2.75, 3.05) is 13.2 Å². The van der Waals surface area contributed by atoms with Gasteiger partial charge in [-0.3, -0.25) is 4.79 Å². The maximum atomic E-state index is 12.4.